The largest absolute Gasteiger partial charge is 0.393 e. The third-order valence-corrected chi connectivity index (χ3v) is 2.45. The molecule has 0 aromatic heterocycles. The Hall–Kier alpha value is -0.150. The lowest BCUT2D eigenvalue weighted by molar-refractivity contribution is 0.0358. The van der Waals surface area contributed by atoms with Crippen molar-refractivity contribution >= 4 is 0 Å². The van der Waals surface area contributed by atoms with Gasteiger partial charge in [-0.05, 0) is 6.92 Å². The zero-order valence-corrected chi connectivity index (χ0v) is 5.83. The summed E-state index contributed by atoms with van der Waals surface area (Å²) in [6.45, 7) is 1.48. The number of alkyl halides is 1. The van der Waals surface area contributed by atoms with Crippen molar-refractivity contribution in [2.45, 2.75) is 37.8 Å². The van der Waals surface area contributed by atoms with Gasteiger partial charge in [-0.1, -0.05) is 0 Å². The maximum absolute atomic E-state index is 12.7. The van der Waals surface area contributed by atoms with E-state index in [0.29, 0.717) is 6.42 Å². The molecule has 1 aliphatic heterocycles. The van der Waals surface area contributed by atoms with Gasteiger partial charge in [0.2, 0.25) is 0 Å². The Balaban J connectivity index is 2.05. The molecule has 1 saturated heterocycles. The summed E-state index contributed by atoms with van der Waals surface area (Å²) in [5, 5.41) is 9.24. The van der Waals surface area contributed by atoms with E-state index in [4.69, 9.17) is 4.74 Å². The summed E-state index contributed by atoms with van der Waals surface area (Å²) in [4.78, 5) is 0. The molecule has 2 rings (SSSR count). The Kier molecular flexibility index (Phi) is 1.26. The molecule has 0 amide bonds. The Bertz CT molecular complexity index is 147. The number of halogens is 1. The molecule has 10 heavy (non-hydrogen) atoms. The minimum atomic E-state index is -0.938. The summed E-state index contributed by atoms with van der Waals surface area (Å²) >= 11 is 0. The molecule has 1 N–H and O–H groups in total. The fourth-order valence-corrected chi connectivity index (χ4v) is 1.87. The molecule has 58 valence electrons. The van der Waals surface area contributed by atoms with Gasteiger partial charge in [-0.3, -0.25) is 0 Å². The van der Waals surface area contributed by atoms with Crippen LogP contribution in [0, 0.1) is 5.92 Å². The van der Waals surface area contributed by atoms with Crippen molar-refractivity contribution in [1.82, 2.24) is 0 Å². The lowest BCUT2D eigenvalue weighted by Crippen LogP contribution is -2.27. The molecule has 1 heterocycles. The molecule has 1 aliphatic carbocycles. The van der Waals surface area contributed by atoms with E-state index in [1.165, 1.54) is 6.92 Å². The average Bonchev–Trinajstić information content (AvgIpc) is 2.42. The molecule has 2 nitrogen and oxygen atoms in total. The topological polar surface area (TPSA) is 32.8 Å². The lowest BCUT2D eigenvalue weighted by atomic mass is 10.0. The van der Waals surface area contributed by atoms with Gasteiger partial charge >= 0.3 is 0 Å². The number of rotatable bonds is 1. The summed E-state index contributed by atoms with van der Waals surface area (Å²) in [7, 11) is 0. The van der Waals surface area contributed by atoms with Crippen molar-refractivity contribution in [2.24, 2.45) is 5.92 Å². The second-order valence-corrected chi connectivity index (χ2v) is 3.20. The summed E-state index contributed by atoms with van der Waals surface area (Å²) in [6, 6.07) is 0. The molecule has 2 fully saturated rings. The quantitative estimate of drug-likeness (QED) is 0.546. The molecule has 1 unspecified atom stereocenters. The van der Waals surface area contributed by atoms with Crippen LogP contribution in [-0.2, 0) is 4.74 Å². The third-order valence-electron chi connectivity index (χ3n) is 2.45. The highest BCUT2D eigenvalue weighted by molar-refractivity contribution is 5.04. The highest BCUT2D eigenvalue weighted by Gasteiger charge is 2.57. The Morgan fingerprint density at radius 3 is 2.70 bits per heavy atom. The minimum Gasteiger partial charge on any atom is -0.393 e. The van der Waals surface area contributed by atoms with Crippen LogP contribution in [0.4, 0.5) is 4.39 Å². The first-order chi connectivity index (χ1) is 4.70. The number of hydrogen-bond acceptors (Lipinski definition) is 2. The first kappa shape index (κ1) is 6.55. The zero-order valence-electron chi connectivity index (χ0n) is 5.83. The molecule has 3 heteroatoms. The summed E-state index contributed by atoms with van der Waals surface area (Å²) in [5.74, 6) is -0.259. The molecule has 0 radical (unpaired) electrons. The Morgan fingerprint density at radius 2 is 2.40 bits per heavy atom. The second kappa shape index (κ2) is 1.92. The smallest absolute Gasteiger partial charge is 0.105 e. The Labute approximate surface area is 59.0 Å². The molecule has 0 aromatic rings. The van der Waals surface area contributed by atoms with Gasteiger partial charge in [0.25, 0.3) is 0 Å². The van der Waals surface area contributed by atoms with Gasteiger partial charge in [-0.2, -0.15) is 0 Å². The summed E-state index contributed by atoms with van der Waals surface area (Å²) in [6.07, 6.45) is -0.590. The Morgan fingerprint density at radius 1 is 1.70 bits per heavy atom. The summed E-state index contributed by atoms with van der Waals surface area (Å²) < 4.78 is 17.8. The van der Waals surface area contributed by atoms with Gasteiger partial charge in [-0.25, -0.2) is 4.39 Å². The van der Waals surface area contributed by atoms with Crippen LogP contribution in [0.25, 0.3) is 0 Å². The molecule has 1 saturated carbocycles. The van der Waals surface area contributed by atoms with E-state index in [-0.39, 0.29) is 18.1 Å². The van der Waals surface area contributed by atoms with Crippen LogP contribution in [0.15, 0.2) is 0 Å². The molecule has 2 aliphatic rings. The standard InChI is InChI=1S/C7H11FO2/c1-3(8)6-4(9)2-5-7(6)10-5/h3-7,9H,2H2,1H3/t3?,4-,5+,6+,7+/m1/s1. The molecular formula is C7H11FO2. The van der Waals surface area contributed by atoms with E-state index in [9.17, 15) is 9.50 Å². The van der Waals surface area contributed by atoms with E-state index in [2.05, 4.69) is 0 Å². The first-order valence-electron chi connectivity index (χ1n) is 3.68. The second-order valence-electron chi connectivity index (χ2n) is 3.20. The van der Waals surface area contributed by atoms with Gasteiger partial charge in [-0.15, -0.1) is 0 Å². The number of aliphatic hydroxyl groups is 1. The molecular weight excluding hydrogens is 135 g/mol. The molecule has 0 bridgehead atoms. The van der Waals surface area contributed by atoms with E-state index < -0.39 is 12.3 Å². The van der Waals surface area contributed by atoms with Gasteiger partial charge < -0.3 is 9.84 Å². The fraction of sp³-hybridized carbons (Fsp3) is 1.00. The van der Waals surface area contributed by atoms with E-state index in [1.807, 2.05) is 0 Å². The number of epoxide rings is 1. The minimum absolute atomic E-state index is 0.0231. The van der Waals surface area contributed by atoms with Crippen LogP contribution in [0.2, 0.25) is 0 Å². The predicted octanol–water partition coefficient (Wildman–Crippen LogP) is 0.493. The normalized spacial score (nSPS) is 54.3. The molecule has 5 atom stereocenters. The van der Waals surface area contributed by atoms with E-state index >= 15 is 0 Å². The number of ether oxygens (including phenoxy) is 1. The van der Waals surface area contributed by atoms with Crippen LogP contribution >= 0.6 is 0 Å². The third kappa shape index (κ3) is 0.772. The maximum atomic E-state index is 12.7. The van der Waals surface area contributed by atoms with Gasteiger partial charge in [0.05, 0.1) is 18.3 Å². The van der Waals surface area contributed by atoms with Crippen LogP contribution in [0.3, 0.4) is 0 Å². The van der Waals surface area contributed by atoms with Gasteiger partial charge in [0.1, 0.15) is 6.17 Å². The van der Waals surface area contributed by atoms with Crippen molar-refractivity contribution in [2.75, 3.05) is 0 Å². The van der Waals surface area contributed by atoms with Crippen molar-refractivity contribution in [3.05, 3.63) is 0 Å². The van der Waals surface area contributed by atoms with E-state index in [1.54, 1.807) is 0 Å². The number of fused-ring (bicyclic) bond motifs is 1. The van der Waals surface area contributed by atoms with Crippen molar-refractivity contribution in [3.8, 4) is 0 Å². The van der Waals surface area contributed by atoms with Crippen molar-refractivity contribution in [3.63, 3.8) is 0 Å². The van der Waals surface area contributed by atoms with Crippen molar-refractivity contribution < 1.29 is 14.2 Å². The van der Waals surface area contributed by atoms with Gasteiger partial charge in [0.15, 0.2) is 0 Å². The number of hydrogen-bond donors (Lipinski definition) is 1. The zero-order chi connectivity index (χ0) is 7.30. The van der Waals surface area contributed by atoms with Crippen molar-refractivity contribution in [1.29, 1.82) is 0 Å². The van der Waals surface area contributed by atoms with Crippen LogP contribution in [-0.4, -0.2) is 29.6 Å². The van der Waals surface area contributed by atoms with Crippen LogP contribution in [0.1, 0.15) is 13.3 Å². The van der Waals surface area contributed by atoms with Gasteiger partial charge in [0, 0.05) is 12.3 Å². The molecule has 0 spiro atoms. The SMILES string of the molecule is CC(F)[C@@H]1[C@H]2O[C@H]2C[C@H]1O. The highest BCUT2D eigenvalue weighted by Crippen LogP contribution is 2.45. The first-order valence-corrected chi connectivity index (χ1v) is 3.68. The van der Waals surface area contributed by atoms with Crippen LogP contribution < -0.4 is 0 Å². The van der Waals surface area contributed by atoms with E-state index in [0.717, 1.165) is 0 Å². The summed E-state index contributed by atoms with van der Waals surface area (Å²) in [5.41, 5.74) is 0. The lowest BCUT2D eigenvalue weighted by Gasteiger charge is -2.17. The maximum Gasteiger partial charge on any atom is 0.105 e. The highest BCUT2D eigenvalue weighted by atomic mass is 19.1. The predicted molar refractivity (Wildman–Crippen MR) is 33.3 cm³/mol. The molecule has 0 aromatic carbocycles. The monoisotopic (exact) mass is 146 g/mol. The number of aliphatic hydroxyl groups excluding tert-OH is 1. The van der Waals surface area contributed by atoms with Crippen LogP contribution in [0.5, 0.6) is 0 Å². The fourth-order valence-electron chi connectivity index (χ4n) is 1.87. The average molecular weight is 146 g/mol.